The molecule has 0 unspecified atom stereocenters. The summed E-state index contributed by atoms with van der Waals surface area (Å²) in [6, 6.07) is 0. The van der Waals surface area contributed by atoms with Gasteiger partial charge >= 0.3 is 29.6 Å². The van der Waals surface area contributed by atoms with Crippen molar-refractivity contribution in [1.82, 2.24) is 5.32 Å². The third-order valence-electron chi connectivity index (χ3n) is 11.0. The van der Waals surface area contributed by atoms with Crippen molar-refractivity contribution >= 4 is 45.6 Å². The third kappa shape index (κ3) is 6.43. The first-order valence-corrected chi connectivity index (χ1v) is 15.1. The number of hydrogen-bond acceptors (Lipinski definition) is 6. The molecule has 4 saturated carbocycles. The molecule has 1 amide bonds. The second-order valence-electron chi connectivity index (χ2n) is 12.7. The quantitative estimate of drug-likeness (QED) is 0.228. The van der Waals surface area contributed by atoms with Crippen LogP contribution in [-0.4, -0.2) is 99.8 Å². The Labute approximate surface area is 243 Å². The number of carbonyl (C=O) groups is 1. The van der Waals surface area contributed by atoms with Gasteiger partial charge in [0.05, 0.1) is 24.1 Å². The first-order chi connectivity index (χ1) is 16.3. The fourth-order valence-corrected chi connectivity index (χ4v) is 9.46. The molecule has 0 heterocycles. The predicted molar refractivity (Wildman–Crippen MR) is 143 cm³/mol. The zero-order valence-electron chi connectivity index (χ0n) is 21.9. The number of aliphatic hydroxyl groups excluding tert-OH is 3. The van der Waals surface area contributed by atoms with Gasteiger partial charge in [0.15, 0.2) is 0 Å². The fraction of sp³-hybridized carbons (Fsp3) is 0.962. The summed E-state index contributed by atoms with van der Waals surface area (Å²) in [6.07, 6.45) is 5.67. The van der Waals surface area contributed by atoms with E-state index in [9.17, 15) is 28.5 Å². The van der Waals surface area contributed by atoms with Crippen LogP contribution in [0, 0.1) is 46.3 Å². The summed E-state index contributed by atoms with van der Waals surface area (Å²) in [4.78, 5) is 12.2. The molecule has 212 valence electrons. The molecule has 37 heavy (non-hydrogen) atoms. The van der Waals surface area contributed by atoms with Crippen LogP contribution in [0.3, 0.4) is 0 Å². The van der Waals surface area contributed by atoms with Gasteiger partial charge in [0.2, 0.25) is 5.91 Å². The second-order valence-corrected chi connectivity index (χ2v) is 14.2. The van der Waals surface area contributed by atoms with Gasteiger partial charge in [-0.15, -0.1) is 0 Å². The van der Waals surface area contributed by atoms with Crippen molar-refractivity contribution in [1.29, 1.82) is 0 Å². The average molecular weight is 558 g/mol. The summed E-state index contributed by atoms with van der Waals surface area (Å²) >= 11 is 0. The maximum atomic E-state index is 12.2. The minimum absolute atomic E-state index is 0. The van der Waals surface area contributed by atoms with Crippen LogP contribution in [-0.2, 0) is 14.9 Å². The summed E-state index contributed by atoms with van der Waals surface area (Å²) < 4.78 is 30.5. The maximum absolute atomic E-state index is 12.2. The molecule has 4 aliphatic carbocycles. The molecule has 0 radical (unpaired) electrons. The molecular weight excluding hydrogens is 509 g/mol. The van der Waals surface area contributed by atoms with E-state index in [4.69, 9.17) is 4.55 Å². The fourth-order valence-electron chi connectivity index (χ4n) is 9.10. The predicted octanol–water partition coefficient (Wildman–Crippen LogP) is 0.895. The van der Waals surface area contributed by atoms with Crippen molar-refractivity contribution in [3.8, 4) is 0 Å². The van der Waals surface area contributed by atoms with Gasteiger partial charge in [0, 0.05) is 13.0 Å². The molecule has 4 aliphatic rings. The van der Waals surface area contributed by atoms with Gasteiger partial charge < -0.3 is 26.1 Å². The Morgan fingerprint density at radius 2 is 1.73 bits per heavy atom. The van der Waals surface area contributed by atoms with Gasteiger partial charge in [-0.3, -0.25) is 9.35 Å². The SMILES string of the molecule is C[C@H](CCC(=O)NCCS(=O)(=O)O)[C@H]1CC[C@H]2[C@@H]3[C@H](O)C[C@@H]4C[C@H](O)CC[C@]4(C)[C@H]3C[C@H](O)[C@]12C.O.[NaH]. The van der Waals surface area contributed by atoms with Crippen LogP contribution in [0.4, 0.5) is 0 Å². The van der Waals surface area contributed by atoms with Crippen LogP contribution in [0.5, 0.6) is 0 Å². The number of aliphatic hydroxyl groups is 3. The molecule has 4 fully saturated rings. The van der Waals surface area contributed by atoms with E-state index >= 15 is 0 Å². The van der Waals surface area contributed by atoms with E-state index in [-0.39, 0.29) is 100 Å². The molecule has 0 aromatic carbocycles. The molecule has 4 rings (SSSR count). The molecule has 0 saturated heterocycles. The van der Waals surface area contributed by atoms with Gasteiger partial charge in [-0.1, -0.05) is 20.8 Å². The number of carbonyl (C=O) groups excluding carboxylic acids is 1. The molecule has 7 N–H and O–H groups in total. The number of rotatable bonds is 7. The molecule has 0 aliphatic heterocycles. The van der Waals surface area contributed by atoms with Crippen LogP contribution in [0.25, 0.3) is 0 Å². The van der Waals surface area contributed by atoms with Crippen molar-refractivity contribution in [2.45, 2.75) is 96.9 Å². The minimum atomic E-state index is -4.10. The van der Waals surface area contributed by atoms with Gasteiger partial charge in [-0.05, 0) is 97.7 Å². The Hall–Kier alpha value is 0.220. The normalized spacial score (nSPS) is 43.8. The molecule has 0 aromatic rings. The number of nitrogens with one attached hydrogen (secondary N) is 1. The van der Waals surface area contributed by atoms with E-state index < -0.39 is 28.1 Å². The topological polar surface area (TPSA) is 176 Å². The number of amides is 1. The Balaban J connectivity index is 0.00000241. The van der Waals surface area contributed by atoms with E-state index in [1.807, 2.05) is 0 Å². The van der Waals surface area contributed by atoms with E-state index in [1.165, 1.54) is 0 Å². The van der Waals surface area contributed by atoms with Gasteiger partial charge in [0.25, 0.3) is 10.1 Å². The van der Waals surface area contributed by atoms with Crippen molar-refractivity contribution in [2.24, 2.45) is 46.3 Å². The Bertz CT molecular complexity index is 905. The number of fused-ring (bicyclic) bond motifs is 5. The van der Waals surface area contributed by atoms with E-state index in [0.717, 1.165) is 38.5 Å². The van der Waals surface area contributed by atoms with E-state index in [2.05, 4.69) is 26.1 Å². The first-order valence-electron chi connectivity index (χ1n) is 13.5. The van der Waals surface area contributed by atoms with Crippen molar-refractivity contribution < 1.29 is 38.6 Å². The summed E-state index contributed by atoms with van der Waals surface area (Å²) in [5, 5.41) is 35.8. The molecule has 0 spiro atoms. The van der Waals surface area contributed by atoms with E-state index in [1.54, 1.807) is 0 Å². The molecule has 0 aromatic heterocycles. The molecule has 0 bridgehead atoms. The molecular formula is C26H48NNaO8S. The average Bonchev–Trinajstić information content (AvgIpc) is 3.12. The summed E-state index contributed by atoms with van der Waals surface area (Å²) in [5.74, 6) is 0.705. The molecule has 9 nitrogen and oxygen atoms in total. The van der Waals surface area contributed by atoms with Gasteiger partial charge in [-0.25, -0.2) is 0 Å². The van der Waals surface area contributed by atoms with Crippen LogP contribution < -0.4 is 5.32 Å². The van der Waals surface area contributed by atoms with Crippen molar-refractivity contribution in [3.05, 3.63) is 0 Å². The van der Waals surface area contributed by atoms with Crippen LogP contribution >= 0.6 is 0 Å². The van der Waals surface area contributed by atoms with Gasteiger partial charge in [0.1, 0.15) is 0 Å². The summed E-state index contributed by atoms with van der Waals surface area (Å²) in [6.45, 7) is 6.56. The first kappa shape index (κ1) is 33.4. The Morgan fingerprint density at radius 3 is 2.38 bits per heavy atom. The zero-order valence-corrected chi connectivity index (χ0v) is 22.7. The van der Waals surface area contributed by atoms with Crippen molar-refractivity contribution in [2.75, 3.05) is 12.3 Å². The van der Waals surface area contributed by atoms with E-state index in [0.29, 0.717) is 18.8 Å². The summed E-state index contributed by atoms with van der Waals surface area (Å²) in [5.41, 5.74) is -0.254. The van der Waals surface area contributed by atoms with Crippen molar-refractivity contribution in [3.63, 3.8) is 0 Å². The van der Waals surface area contributed by atoms with Crippen LogP contribution in [0.1, 0.15) is 78.6 Å². The zero-order chi connectivity index (χ0) is 25.8. The molecule has 11 heteroatoms. The van der Waals surface area contributed by atoms with Crippen LogP contribution in [0.15, 0.2) is 0 Å². The molecule has 11 atom stereocenters. The summed E-state index contributed by atoms with van der Waals surface area (Å²) in [7, 11) is -4.10. The third-order valence-corrected chi connectivity index (χ3v) is 11.7. The Kier molecular flexibility index (Phi) is 11.2. The monoisotopic (exact) mass is 557 g/mol. The Morgan fingerprint density at radius 1 is 1.05 bits per heavy atom. The standard InChI is InChI=1S/C26H45NO7S.Na.H2O.H/c1-15(4-7-23(31)27-10-11-35(32,33)34)18-5-6-19-24-20(14-22(30)26(18,19)3)25(2)9-8-17(28)12-16(25)13-21(24)29;;;/h15-22,24,28-30H,4-14H2,1-3H3,(H,27,31)(H,32,33,34);;1H2;/t15-,16+,17-,18-,19+,20+,21-,22+,24+,25+,26-;;;/m1.../s1. The van der Waals surface area contributed by atoms with Crippen LogP contribution in [0.2, 0.25) is 0 Å². The van der Waals surface area contributed by atoms with Gasteiger partial charge in [-0.2, -0.15) is 8.42 Å². The number of hydrogen-bond donors (Lipinski definition) is 5. The second kappa shape index (κ2) is 12.4.